The van der Waals surface area contributed by atoms with E-state index in [0.717, 1.165) is 37.6 Å². The number of methoxy groups -OCH3 is 1. The zero-order chi connectivity index (χ0) is 15.5. The van der Waals surface area contributed by atoms with Gasteiger partial charge in [-0.3, -0.25) is 0 Å². The summed E-state index contributed by atoms with van der Waals surface area (Å²) in [6.07, 6.45) is -2.53. The standard InChI is InChI=1S/C15H20F3NO2.ClH/c1-3-21-13-8-12(15(16,17)18)14(20-2)7-11(13)10-5-4-6-19-9-10;/h7-8,10,19H,3-6,9H2,1-2H3;1H. The van der Waals surface area contributed by atoms with E-state index >= 15 is 0 Å². The molecule has 0 radical (unpaired) electrons. The van der Waals surface area contributed by atoms with Crippen LogP contribution in [0.5, 0.6) is 11.5 Å². The Morgan fingerprint density at radius 3 is 2.50 bits per heavy atom. The average molecular weight is 340 g/mol. The average Bonchev–Trinajstić information content (AvgIpc) is 2.47. The summed E-state index contributed by atoms with van der Waals surface area (Å²) in [5, 5.41) is 3.27. The molecular formula is C15H21ClF3NO2. The molecule has 1 aliphatic rings. The fourth-order valence-electron chi connectivity index (χ4n) is 2.68. The number of halogens is 4. The van der Waals surface area contributed by atoms with Crippen LogP contribution in [0.2, 0.25) is 0 Å². The van der Waals surface area contributed by atoms with Gasteiger partial charge in [0.2, 0.25) is 0 Å². The lowest BCUT2D eigenvalue weighted by molar-refractivity contribution is -0.138. The molecule has 1 aromatic rings. The highest BCUT2D eigenvalue weighted by molar-refractivity contribution is 5.85. The van der Waals surface area contributed by atoms with Gasteiger partial charge in [0.15, 0.2) is 0 Å². The summed E-state index contributed by atoms with van der Waals surface area (Å²) >= 11 is 0. The van der Waals surface area contributed by atoms with Crippen LogP contribution in [0.15, 0.2) is 12.1 Å². The molecule has 0 aromatic heterocycles. The number of hydrogen-bond donors (Lipinski definition) is 1. The molecule has 1 heterocycles. The van der Waals surface area contributed by atoms with Gasteiger partial charge in [0.1, 0.15) is 17.1 Å². The second-order valence-corrected chi connectivity index (χ2v) is 5.06. The molecule has 1 unspecified atom stereocenters. The highest BCUT2D eigenvalue weighted by atomic mass is 35.5. The van der Waals surface area contributed by atoms with Crippen molar-refractivity contribution in [2.75, 3.05) is 26.8 Å². The Hall–Kier alpha value is -1.14. The minimum absolute atomic E-state index is 0. The van der Waals surface area contributed by atoms with Crippen LogP contribution >= 0.6 is 12.4 Å². The SMILES string of the molecule is CCOc1cc(C(F)(F)F)c(OC)cc1C1CCCNC1.Cl. The smallest absolute Gasteiger partial charge is 0.420 e. The first-order valence-electron chi connectivity index (χ1n) is 7.10. The van der Waals surface area contributed by atoms with E-state index in [-0.39, 0.29) is 24.1 Å². The summed E-state index contributed by atoms with van der Waals surface area (Å²) < 4.78 is 49.6. The molecule has 3 nitrogen and oxygen atoms in total. The van der Waals surface area contributed by atoms with Crippen molar-refractivity contribution in [2.24, 2.45) is 0 Å². The summed E-state index contributed by atoms with van der Waals surface area (Å²) in [5.41, 5.74) is -0.00475. The molecule has 7 heteroatoms. The Morgan fingerprint density at radius 2 is 2.00 bits per heavy atom. The minimum atomic E-state index is -4.46. The van der Waals surface area contributed by atoms with Crippen LogP contribution < -0.4 is 14.8 Å². The number of hydrogen-bond acceptors (Lipinski definition) is 3. The Kier molecular flexibility index (Phi) is 6.81. The van der Waals surface area contributed by atoms with Gasteiger partial charge in [0.25, 0.3) is 0 Å². The van der Waals surface area contributed by atoms with Gasteiger partial charge in [-0.25, -0.2) is 0 Å². The zero-order valence-electron chi connectivity index (χ0n) is 12.6. The maximum absolute atomic E-state index is 13.1. The van der Waals surface area contributed by atoms with Crippen LogP contribution in [-0.2, 0) is 6.18 Å². The van der Waals surface area contributed by atoms with Crippen molar-refractivity contribution in [1.82, 2.24) is 5.32 Å². The molecular weight excluding hydrogens is 319 g/mol. The number of benzene rings is 1. The summed E-state index contributed by atoms with van der Waals surface area (Å²) in [5.74, 6) is 0.308. The van der Waals surface area contributed by atoms with Crippen molar-refractivity contribution in [3.05, 3.63) is 23.3 Å². The van der Waals surface area contributed by atoms with Gasteiger partial charge in [-0.1, -0.05) is 0 Å². The highest BCUT2D eigenvalue weighted by Crippen LogP contribution is 2.43. The van der Waals surface area contributed by atoms with Crippen LogP contribution in [0.4, 0.5) is 13.2 Å². The number of alkyl halides is 3. The van der Waals surface area contributed by atoms with E-state index in [1.54, 1.807) is 6.92 Å². The molecule has 1 N–H and O–H groups in total. The molecule has 2 rings (SSSR count). The number of rotatable bonds is 4. The molecule has 0 aliphatic carbocycles. The summed E-state index contributed by atoms with van der Waals surface area (Å²) in [6.45, 7) is 3.78. The van der Waals surface area contributed by atoms with E-state index in [4.69, 9.17) is 9.47 Å². The first-order chi connectivity index (χ1) is 9.97. The molecule has 0 saturated carbocycles. The predicted molar refractivity (Wildman–Crippen MR) is 81.3 cm³/mol. The lowest BCUT2D eigenvalue weighted by Crippen LogP contribution is -2.28. The van der Waals surface area contributed by atoms with Crippen LogP contribution in [0.25, 0.3) is 0 Å². The number of nitrogens with one attached hydrogen (secondary N) is 1. The largest absolute Gasteiger partial charge is 0.496 e. The molecule has 1 aliphatic heterocycles. The molecule has 0 amide bonds. The topological polar surface area (TPSA) is 30.5 Å². The molecule has 1 aromatic carbocycles. The van der Waals surface area contributed by atoms with E-state index in [9.17, 15) is 13.2 Å². The summed E-state index contributed by atoms with van der Waals surface area (Å²) in [4.78, 5) is 0. The molecule has 0 spiro atoms. The van der Waals surface area contributed by atoms with E-state index in [1.165, 1.54) is 13.2 Å². The van der Waals surface area contributed by atoms with Gasteiger partial charge >= 0.3 is 6.18 Å². The third kappa shape index (κ3) is 4.20. The van der Waals surface area contributed by atoms with Gasteiger partial charge in [0, 0.05) is 18.0 Å². The Balaban J connectivity index is 0.00000242. The summed E-state index contributed by atoms with van der Waals surface area (Å²) in [6, 6.07) is 2.54. The normalized spacial score (nSPS) is 18.5. The van der Waals surface area contributed by atoms with Crippen LogP contribution in [-0.4, -0.2) is 26.8 Å². The lowest BCUT2D eigenvalue weighted by atomic mass is 9.90. The van der Waals surface area contributed by atoms with E-state index in [2.05, 4.69) is 5.32 Å². The fraction of sp³-hybridized carbons (Fsp3) is 0.600. The second kappa shape index (κ2) is 7.92. The van der Waals surface area contributed by atoms with Gasteiger partial charge in [-0.2, -0.15) is 13.2 Å². The van der Waals surface area contributed by atoms with Crippen molar-refractivity contribution >= 4 is 12.4 Å². The van der Waals surface area contributed by atoms with Crippen molar-refractivity contribution in [1.29, 1.82) is 0 Å². The second-order valence-electron chi connectivity index (χ2n) is 5.06. The van der Waals surface area contributed by atoms with Crippen molar-refractivity contribution < 1.29 is 22.6 Å². The molecule has 1 fully saturated rings. The van der Waals surface area contributed by atoms with Crippen LogP contribution in [0.3, 0.4) is 0 Å². The van der Waals surface area contributed by atoms with Gasteiger partial charge < -0.3 is 14.8 Å². The lowest BCUT2D eigenvalue weighted by Gasteiger charge is -2.26. The van der Waals surface area contributed by atoms with Crippen molar-refractivity contribution in [3.8, 4) is 11.5 Å². The third-order valence-electron chi connectivity index (χ3n) is 3.67. The molecule has 22 heavy (non-hydrogen) atoms. The van der Waals surface area contributed by atoms with Gasteiger partial charge in [-0.05, 0) is 38.4 Å². The Labute approximate surface area is 134 Å². The van der Waals surface area contributed by atoms with Crippen molar-refractivity contribution in [2.45, 2.75) is 31.9 Å². The molecule has 0 bridgehead atoms. The summed E-state index contributed by atoms with van der Waals surface area (Å²) in [7, 11) is 1.26. The Morgan fingerprint density at radius 1 is 1.27 bits per heavy atom. The Bertz CT molecular complexity index is 488. The van der Waals surface area contributed by atoms with Crippen LogP contribution in [0, 0.1) is 0 Å². The number of piperidine rings is 1. The van der Waals surface area contributed by atoms with E-state index < -0.39 is 11.7 Å². The highest BCUT2D eigenvalue weighted by Gasteiger charge is 2.36. The molecule has 1 atom stereocenters. The third-order valence-corrected chi connectivity index (χ3v) is 3.67. The van der Waals surface area contributed by atoms with Gasteiger partial charge in [0.05, 0.1) is 13.7 Å². The number of ether oxygens (including phenoxy) is 2. The van der Waals surface area contributed by atoms with E-state index in [0.29, 0.717) is 12.4 Å². The monoisotopic (exact) mass is 339 g/mol. The maximum Gasteiger partial charge on any atom is 0.420 e. The molecule has 126 valence electrons. The minimum Gasteiger partial charge on any atom is -0.496 e. The maximum atomic E-state index is 13.1. The first-order valence-corrected chi connectivity index (χ1v) is 7.10. The predicted octanol–water partition coefficient (Wildman–Crippen LogP) is 4.00. The quantitative estimate of drug-likeness (QED) is 0.899. The van der Waals surface area contributed by atoms with E-state index in [1.807, 2.05) is 0 Å². The molecule has 1 saturated heterocycles. The van der Waals surface area contributed by atoms with Crippen LogP contribution in [0.1, 0.15) is 36.8 Å². The first kappa shape index (κ1) is 18.9. The zero-order valence-corrected chi connectivity index (χ0v) is 13.4. The van der Waals surface area contributed by atoms with Gasteiger partial charge in [-0.15, -0.1) is 12.4 Å². The fourth-order valence-corrected chi connectivity index (χ4v) is 2.68. The van der Waals surface area contributed by atoms with Crippen molar-refractivity contribution in [3.63, 3.8) is 0 Å².